The molecule has 3 heteroatoms. The summed E-state index contributed by atoms with van der Waals surface area (Å²) in [5.74, 6) is 0.954. The van der Waals surface area contributed by atoms with Gasteiger partial charge in [0.2, 0.25) is 0 Å². The van der Waals surface area contributed by atoms with Crippen LogP contribution in [0, 0.1) is 0 Å². The molecule has 0 saturated heterocycles. The molecule has 72 valence electrons. The van der Waals surface area contributed by atoms with E-state index in [4.69, 9.17) is 5.73 Å². The molecule has 0 aliphatic rings. The van der Waals surface area contributed by atoms with Gasteiger partial charge in [0.1, 0.15) is 5.82 Å². The Kier molecular flexibility index (Phi) is 2.00. The Balaban J connectivity index is 2.77. The average molecular weight is 187 g/mol. The average Bonchev–Trinajstić information content (AvgIpc) is 2.16. The molecule has 0 atom stereocenters. The molecule has 0 aliphatic carbocycles. The lowest BCUT2D eigenvalue weighted by atomic mass is 10.1. The van der Waals surface area contributed by atoms with Crippen molar-refractivity contribution < 1.29 is 0 Å². The van der Waals surface area contributed by atoms with Crippen LogP contribution in [-0.2, 0) is 0 Å². The first-order chi connectivity index (χ1) is 6.68. The molecule has 0 bridgehead atoms. The molecule has 2 aromatic rings. The number of fused-ring (bicyclic) bond motifs is 1. The third kappa shape index (κ3) is 1.37. The van der Waals surface area contributed by atoms with E-state index in [1.54, 1.807) is 0 Å². The van der Waals surface area contributed by atoms with Crippen molar-refractivity contribution in [2.45, 2.75) is 0 Å². The molecule has 14 heavy (non-hydrogen) atoms. The molecular weight excluding hydrogens is 174 g/mol. The van der Waals surface area contributed by atoms with E-state index in [0.29, 0.717) is 0 Å². The predicted octanol–water partition coefficient (Wildman–Crippen LogP) is 1.88. The van der Waals surface area contributed by atoms with Gasteiger partial charge in [-0.3, -0.25) is 0 Å². The highest BCUT2D eigenvalue weighted by molar-refractivity contribution is 5.93. The lowest BCUT2D eigenvalue weighted by Gasteiger charge is -2.13. The van der Waals surface area contributed by atoms with Gasteiger partial charge < -0.3 is 10.6 Å². The van der Waals surface area contributed by atoms with Crippen LogP contribution in [0.15, 0.2) is 30.5 Å². The van der Waals surface area contributed by atoms with Crippen LogP contribution in [0.3, 0.4) is 0 Å². The van der Waals surface area contributed by atoms with Gasteiger partial charge in [0.15, 0.2) is 0 Å². The maximum absolute atomic E-state index is 5.75. The molecule has 0 unspecified atom stereocenters. The van der Waals surface area contributed by atoms with Crippen molar-refractivity contribution >= 4 is 22.3 Å². The fraction of sp³-hybridized carbons (Fsp3) is 0.182. The van der Waals surface area contributed by atoms with Gasteiger partial charge in [0.25, 0.3) is 0 Å². The minimum Gasteiger partial charge on any atom is -0.399 e. The Labute approximate surface area is 83.2 Å². The number of aromatic nitrogens is 1. The second-order valence-corrected chi connectivity index (χ2v) is 3.51. The van der Waals surface area contributed by atoms with E-state index in [1.165, 1.54) is 0 Å². The number of rotatable bonds is 1. The maximum Gasteiger partial charge on any atom is 0.135 e. The van der Waals surface area contributed by atoms with Gasteiger partial charge in [0, 0.05) is 31.4 Å². The van der Waals surface area contributed by atoms with Gasteiger partial charge in [-0.15, -0.1) is 0 Å². The lowest BCUT2D eigenvalue weighted by molar-refractivity contribution is 1.08. The topological polar surface area (TPSA) is 42.2 Å². The summed E-state index contributed by atoms with van der Waals surface area (Å²) in [4.78, 5) is 6.31. The molecule has 2 rings (SSSR count). The molecule has 0 fully saturated rings. The summed E-state index contributed by atoms with van der Waals surface area (Å²) in [6.07, 6.45) is 1.81. The van der Waals surface area contributed by atoms with Crippen LogP contribution in [0.1, 0.15) is 0 Å². The Morgan fingerprint density at radius 2 is 2.00 bits per heavy atom. The number of anilines is 2. The summed E-state index contributed by atoms with van der Waals surface area (Å²) < 4.78 is 0. The SMILES string of the molecule is CN(C)c1nccc2ccc(N)cc12. The predicted molar refractivity (Wildman–Crippen MR) is 60.5 cm³/mol. The molecule has 2 N–H and O–H groups in total. The van der Waals surface area contributed by atoms with Crippen LogP contribution < -0.4 is 10.6 Å². The van der Waals surface area contributed by atoms with E-state index in [-0.39, 0.29) is 0 Å². The molecule has 0 aliphatic heterocycles. The summed E-state index contributed by atoms with van der Waals surface area (Å²) >= 11 is 0. The molecule has 0 spiro atoms. The second kappa shape index (κ2) is 3.18. The van der Waals surface area contributed by atoms with Gasteiger partial charge in [-0.2, -0.15) is 0 Å². The monoisotopic (exact) mass is 187 g/mol. The number of hydrogen-bond donors (Lipinski definition) is 1. The van der Waals surface area contributed by atoms with Gasteiger partial charge in [-0.05, 0) is 23.6 Å². The van der Waals surface area contributed by atoms with Crippen molar-refractivity contribution in [3.05, 3.63) is 30.5 Å². The van der Waals surface area contributed by atoms with Crippen molar-refractivity contribution in [3.63, 3.8) is 0 Å². The summed E-state index contributed by atoms with van der Waals surface area (Å²) in [5.41, 5.74) is 6.52. The molecule has 3 nitrogen and oxygen atoms in total. The van der Waals surface area contributed by atoms with E-state index in [9.17, 15) is 0 Å². The number of pyridine rings is 1. The molecule has 0 radical (unpaired) electrons. The van der Waals surface area contributed by atoms with Crippen LogP contribution in [-0.4, -0.2) is 19.1 Å². The zero-order valence-electron chi connectivity index (χ0n) is 8.36. The Bertz CT molecular complexity index is 463. The number of nitrogen functional groups attached to an aromatic ring is 1. The summed E-state index contributed by atoms with van der Waals surface area (Å²) in [7, 11) is 3.95. The quantitative estimate of drug-likeness (QED) is 0.693. The van der Waals surface area contributed by atoms with Crippen LogP contribution in [0.4, 0.5) is 11.5 Å². The lowest BCUT2D eigenvalue weighted by Crippen LogP contribution is -2.10. The van der Waals surface area contributed by atoms with E-state index < -0.39 is 0 Å². The molecule has 0 amide bonds. The molecular formula is C11H13N3. The first-order valence-electron chi connectivity index (χ1n) is 4.50. The Morgan fingerprint density at radius 3 is 2.71 bits per heavy atom. The summed E-state index contributed by atoms with van der Waals surface area (Å²) in [6.45, 7) is 0. The summed E-state index contributed by atoms with van der Waals surface area (Å²) in [5, 5.41) is 2.26. The minimum atomic E-state index is 0.772. The van der Waals surface area contributed by atoms with E-state index in [1.807, 2.05) is 49.5 Å². The van der Waals surface area contributed by atoms with Crippen LogP contribution in [0.25, 0.3) is 10.8 Å². The van der Waals surface area contributed by atoms with Crippen molar-refractivity contribution in [2.24, 2.45) is 0 Å². The second-order valence-electron chi connectivity index (χ2n) is 3.51. The van der Waals surface area contributed by atoms with Gasteiger partial charge in [-0.25, -0.2) is 4.98 Å². The van der Waals surface area contributed by atoms with Gasteiger partial charge in [-0.1, -0.05) is 6.07 Å². The highest BCUT2D eigenvalue weighted by atomic mass is 15.1. The normalized spacial score (nSPS) is 10.4. The highest BCUT2D eigenvalue weighted by Gasteiger charge is 2.03. The van der Waals surface area contributed by atoms with Crippen molar-refractivity contribution in [3.8, 4) is 0 Å². The van der Waals surface area contributed by atoms with Crippen LogP contribution in [0.5, 0.6) is 0 Å². The van der Waals surface area contributed by atoms with E-state index >= 15 is 0 Å². The zero-order valence-corrected chi connectivity index (χ0v) is 8.36. The third-order valence-corrected chi connectivity index (χ3v) is 2.19. The highest BCUT2D eigenvalue weighted by Crippen LogP contribution is 2.24. The zero-order chi connectivity index (χ0) is 10.1. The molecule has 1 aromatic heterocycles. The smallest absolute Gasteiger partial charge is 0.135 e. The van der Waals surface area contributed by atoms with E-state index in [2.05, 4.69) is 4.98 Å². The van der Waals surface area contributed by atoms with Crippen molar-refractivity contribution in [2.75, 3.05) is 24.7 Å². The van der Waals surface area contributed by atoms with Crippen molar-refractivity contribution in [1.29, 1.82) is 0 Å². The molecule has 1 aromatic carbocycles. The first kappa shape index (κ1) is 8.81. The molecule has 1 heterocycles. The number of hydrogen-bond acceptors (Lipinski definition) is 3. The number of benzene rings is 1. The number of nitrogens with two attached hydrogens (primary N) is 1. The largest absolute Gasteiger partial charge is 0.399 e. The van der Waals surface area contributed by atoms with E-state index in [0.717, 1.165) is 22.3 Å². The molecule has 0 saturated carbocycles. The van der Waals surface area contributed by atoms with Crippen LogP contribution in [0.2, 0.25) is 0 Å². The van der Waals surface area contributed by atoms with Gasteiger partial charge >= 0.3 is 0 Å². The third-order valence-electron chi connectivity index (χ3n) is 2.19. The maximum atomic E-state index is 5.75. The fourth-order valence-corrected chi connectivity index (χ4v) is 1.53. The Hall–Kier alpha value is -1.77. The van der Waals surface area contributed by atoms with Crippen LogP contribution >= 0.6 is 0 Å². The minimum absolute atomic E-state index is 0.772. The Morgan fingerprint density at radius 1 is 1.21 bits per heavy atom. The summed E-state index contributed by atoms with van der Waals surface area (Å²) in [6, 6.07) is 7.86. The standard InChI is InChI=1S/C11H13N3/c1-14(2)11-10-7-9(12)4-3-8(10)5-6-13-11/h3-7H,12H2,1-2H3. The first-order valence-corrected chi connectivity index (χ1v) is 4.50. The fourth-order valence-electron chi connectivity index (χ4n) is 1.53. The number of nitrogens with zero attached hydrogens (tertiary/aromatic N) is 2. The van der Waals surface area contributed by atoms with Gasteiger partial charge in [0.05, 0.1) is 0 Å². The van der Waals surface area contributed by atoms with Crippen molar-refractivity contribution in [1.82, 2.24) is 4.98 Å².